The molecule has 0 spiro atoms. The van der Waals surface area contributed by atoms with Gasteiger partial charge in [-0.05, 0) is 26.4 Å². The summed E-state index contributed by atoms with van der Waals surface area (Å²) < 4.78 is 11.3. The lowest BCUT2D eigenvalue weighted by atomic mass is 10.4. The average Bonchev–Trinajstić information content (AvgIpc) is 1.81. The third-order valence-corrected chi connectivity index (χ3v) is 7.18. The fourth-order valence-electron chi connectivity index (χ4n) is 1.59. The fraction of sp³-hybridized carbons (Fsp3) is 1.00. The first-order valence-electron chi connectivity index (χ1n) is 4.84. The molecule has 0 aromatic carbocycles. The minimum absolute atomic E-state index is 0.377. The Hall–Kier alpha value is 0.137. The Labute approximate surface area is 76.4 Å². The van der Waals surface area contributed by atoms with E-state index in [0.29, 0.717) is 6.10 Å². The lowest BCUT2D eigenvalue weighted by molar-refractivity contribution is 0.0219. The molecular weight excluding hydrogens is 168 g/mol. The minimum Gasteiger partial charge on any atom is -0.414 e. The van der Waals surface area contributed by atoms with Crippen LogP contribution in [0.1, 0.15) is 20.8 Å². The second kappa shape index (κ2) is 3.90. The summed E-state index contributed by atoms with van der Waals surface area (Å²) >= 11 is 0. The quantitative estimate of drug-likeness (QED) is 0.631. The van der Waals surface area contributed by atoms with E-state index >= 15 is 0 Å². The molecule has 1 heterocycles. The monoisotopic (exact) mass is 188 g/mol. The molecule has 12 heavy (non-hydrogen) atoms. The third-order valence-electron chi connectivity index (χ3n) is 2.71. The third kappa shape index (κ3) is 2.09. The van der Waals surface area contributed by atoms with Gasteiger partial charge < -0.3 is 9.16 Å². The van der Waals surface area contributed by atoms with E-state index in [4.69, 9.17) is 9.16 Å². The standard InChI is InChI=1S/C9H20O2Si/c1-5-12(4,11-8(2)3)9-6-10-7-9/h8-9H,5-7H2,1-4H3. The molecule has 0 aromatic rings. The van der Waals surface area contributed by atoms with Gasteiger partial charge in [-0.3, -0.25) is 0 Å². The Balaban J connectivity index is 2.48. The predicted molar refractivity (Wildman–Crippen MR) is 52.9 cm³/mol. The molecule has 2 nitrogen and oxygen atoms in total. The molecule has 0 radical (unpaired) electrons. The highest BCUT2D eigenvalue weighted by atomic mass is 28.4. The van der Waals surface area contributed by atoms with E-state index in [9.17, 15) is 0 Å². The molecule has 3 heteroatoms. The molecular formula is C9H20O2Si. The molecule has 0 amide bonds. The van der Waals surface area contributed by atoms with Crippen LogP contribution in [-0.2, 0) is 9.16 Å². The Kier molecular flexibility index (Phi) is 3.32. The lowest BCUT2D eigenvalue weighted by Crippen LogP contribution is -2.49. The molecule has 1 fully saturated rings. The smallest absolute Gasteiger partial charge is 0.197 e. The zero-order valence-electron chi connectivity index (χ0n) is 8.59. The van der Waals surface area contributed by atoms with Crippen LogP contribution in [0.2, 0.25) is 18.1 Å². The maximum atomic E-state index is 6.05. The van der Waals surface area contributed by atoms with Crippen molar-refractivity contribution in [3.63, 3.8) is 0 Å². The maximum absolute atomic E-state index is 6.05. The van der Waals surface area contributed by atoms with E-state index in [2.05, 4.69) is 27.3 Å². The van der Waals surface area contributed by atoms with Crippen LogP contribution in [-0.4, -0.2) is 27.6 Å². The molecule has 72 valence electrons. The van der Waals surface area contributed by atoms with Gasteiger partial charge in [0, 0.05) is 11.6 Å². The van der Waals surface area contributed by atoms with Gasteiger partial charge in [0.1, 0.15) is 0 Å². The topological polar surface area (TPSA) is 18.5 Å². The summed E-state index contributed by atoms with van der Waals surface area (Å²) in [5, 5.41) is 0. The van der Waals surface area contributed by atoms with Crippen LogP contribution in [0.15, 0.2) is 0 Å². The highest BCUT2D eigenvalue weighted by Gasteiger charge is 2.42. The summed E-state index contributed by atoms with van der Waals surface area (Å²) in [6.45, 7) is 10.7. The number of hydrogen-bond acceptors (Lipinski definition) is 2. The summed E-state index contributed by atoms with van der Waals surface area (Å²) in [4.78, 5) is 0. The molecule has 0 aromatic heterocycles. The molecule has 1 rings (SSSR count). The average molecular weight is 188 g/mol. The molecule has 1 aliphatic heterocycles. The Morgan fingerprint density at radius 3 is 2.33 bits per heavy atom. The SMILES string of the molecule is CC[Si](C)(OC(C)C)C1COC1. The van der Waals surface area contributed by atoms with Gasteiger partial charge in [0.25, 0.3) is 0 Å². The highest BCUT2D eigenvalue weighted by Crippen LogP contribution is 2.33. The summed E-state index contributed by atoms with van der Waals surface area (Å²) in [6.07, 6.45) is 0.377. The Morgan fingerprint density at radius 2 is 2.08 bits per heavy atom. The van der Waals surface area contributed by atoms with Gasteiger partial charge in [0.05, 0.1) is 13.2 Å². The van der Waals surface area contributed by atoms with Crippen molar-refractivity contribution < 1.29 is 9.16 Å². The molecule has 0 N–H and O–H groups in total. The van der Waals surface area contributed by atoms with Crippen molar-refractivity contribution in [2.45, 2.75) is 45.0 Å². The van der Waals surface area contributed by atoms with Crippen molar-refractivity contribution in [1.29, 1.82) is 0 Å². The highest BCUT2D eigenvalue weighted by molar-refractivity contribution is 6.74. The summed E-state index contributed by atoms with van der Waals surface area (Å²) in [5.41, 5.74) is 0.741. The van der Waals surface area contributed by atoms with E-state index < -0.39 is 8.32 Å². The van der Waals surface area contributed by atoms with Crippen molar-refractivity contribution in [2.75, 3.05) is 13.2 Å². The van der Waals surface area contributed by atoms with Crippen molar-refractivity contribution >= 4 is 8.32 Å². The second-order valence-electron chi connectivity index (χ2n) is 4.07. The second-order valence-corrected chi connectivity index (χ2v) is 8.45. The number of rotatable bonds is 4. The molecule has 1 saturated heterocycles. The number of ether oxygens (including phenoxy) is 1. The van der Waals surface area contributed by atoms with Crippen LogP contribution in [0, 0.1) is 0 Å². The van der Waals surface area contributed by atoms with Crippen LogP contribution in [0.5, 0.6) is 0 Å². The van der Waals surface area contributed by atoms with E-state index in [1.54, 1.807) is 0 Å². The summed E-state index contributed by atoms with van der Waals surface area (Å²) in [5.74, 6) is 0. The maximum Gasteiger partial charge on any atom is 0.197 e. The Bertz CT molecular complexity index is 145. The normalized spacial score (nSPS) is 23.8. The van der Waals surface area contributed by atoms with Crippen molar-refractivity contribution in [3.8, 4) is 0 Å². The largest absolute Gasteiger partial charge is 0.414 e. The van der Waals surface area contributed by atoms with Gasteiger partial charge in [0.2, 0.25) is 0 Å². The first-order chi connectivity index (χ1) is 5.58. The van der Waals surface area contributed by atoms with Gasteiger partial charge in [-0.2, -0.15) is 0 Å². The van der Waals surface area contributed by atoms with Gasteiger partial charge in [0.15, 0.2) is 8.32 Å². The molecule has 1 atom stereocenters. The van der Waals surface area contributed by atoms with Gasteiger partial charge in [-0.1, -0.05) is 6.92 Å². The first kappa shape index (κ1) is 10.2. The van der Waals surface area contributed by atoms with Crippen LogP contribution < -0.4 is 0 Å². The predicted octanol–water partition coefficient (Wildman–Crippen LogP) is 2.41. The van der Waals surface area contributed by atoms with Gasteiger partial charge in [-0.25, -0.2) is 0 Å². The Morgan fingerprint density at radius 1 is 1.50 bits per heavy atom. The zero-order chi connectivity index (χ0) is 9.19. The molecule has 1 unspecified atom stereocenters. The molecule has 0 aliphatic carbocycles. The van der Waals surface area contributed by atoms with E-state index in [1.807, 2.05) is 0 Å². The first-order valence-corrected chi connectivity index (χ1v) is 7.53. The summed E-state index contributed by atoms with van der Waals surface area (Å²) in [7, 11) is -1.43. The summed E-state index contributed by atoms with van der Waals surface area (Å²) in [6, 6.07) is 1.21. The van der Waals surface area contributed by atoms with Crippen LogP contribution in [0.3, 0.4) is 0 Å². The zero-order valence-corrected chi connectivity index (χ0v) is 9.59. The van der Waals surface area contributed by atoms with Crippen LogP contribution in [0.25, 0.3) is 0 Å². The van der Waals surface area contributed by atoms with Gasteiger partial charge in [-0.15, -0.1) is 0 Å². The lowest BCUT2D eigenvalue weighted by Gasteiger charge is -2.40. The van der Waals surface area contributed by atoms with E-state index in [-0.39, 0.29) is 0 Å². The van der Waals surface area contributed by atoms with Crippen molar-refractivity contribution in [1.82, 2.24) is 0 Å². The molecule has 0 bridgehead atoms. The number of hydrogen-bond donors (Lipinski definition) is 0. The van der Waals surface area contributed by atoms with E-state index in [0.717, 1.165) is 18.8 Å². The fourth-order valence-corrected chi connectivity index (χ4v) is 4.55. The van der Waals surface area contributed by atoms with E-state index in [1.165, 1.54) is 6.04 Å². The van der Waals surface area contributed by atoms with Crippen molar-refractivity contribution in [3.05, 3.63) is 0 Å². The van der Waals surface area contributed by atoms with Gasteiger partial charge >= 0.3 is 0 Å². The van der Waals surface area contributed by atoms with Crippen LogP contribution in [0.4, 0.5) is 0 Å². The molecule has 0 saturated carbocycles. The van der Waals surface area contributed by atoms with Crippen LogP contribution >= 0.6 is 0 Å². The minimum atomic E-state index is -1.43. The van der Waals surface area contributed by atoms with Crippen molar-refractivity contribution in [2.24, 2.45) is 0 Å². The molecule has 1 aliphatic rings.